The third-order valence-corrected chi connectivity index (χ3v) is 5.80. The fourth-order valence-corrected chi connectivity index (χ4v) is 4.47. The molecule has 0 radical (unpaired) electrons. The second-order valence-electron chi connectivity index (χ2n) is 7.63. The van der Waals surface area contributed by atoms with Gasteiger partial charge in [-0.15, -0.1) is 0 Å². The molecule has 1 saturated heterocycles. The lowest BCUT2D eigenvalue weighted by Crippen LogP contribution is -3.29. The first-order valence-corrected chi connectivity index (χ1v) is 9.64. The van der Waals surface area contributed by atoms with Crippen LogP contribution in [0.1, 0.15) is 45.1 Å². The van der Waals surface area contributed by atoms with Crippen molar-refractivity contribution in [3.05, 3.63) is 29.8 Å². The molecule has 3 heteroatoms. The summed E-state index contributed by atoms with van der Waals surface area (Å²) in [6.45, 7) is 11.8. The van der Waals surface area contributed by atoms with Crippen LogP contribution in [-0.4, -0.2) is 38.8 Å². The molecule has 1 aliphatic carbocycles. The SMILES string of the molecule is CCOc1ccc(C[NH+]2CC[NH+]([C@H]3CCC[C@H](C)C3)CC2)cc1. The quantitative estimate of drug-likeness (QED) is 0.827. The highest BCUT2D eigenvalue weighted by atomic mass is 16.5. The van der Waals surface area contributed by atoms with Gasteiger partial charge in [0, 0.05) is 12.0 Å². The Bertz CT molecular complexity index is 465. The molecule has 1 saturated carbocycles. The van der Waals surface area contributed by atoms with Crippen LogP contribution in [0, 0.1) is 5.92 Å². The smallest absolute Gasteiger partial charge is 0.127 e. The summed E-state index contributed by atoms with van der Waals surface area (Å²) in [4.78, 5) is 3.65. The van der Waals surface area contributed by atoms with Gasteiger partial charge in [-0.05, 0) is 49.9 Å². The van der Waals surface area contributed by atoms with Gasteiger partial charge in [-0.25, -0.2) is 0 Å². The number of piperazine rings is 1. The molecule has 23 heavy (non-hydrogen) atoms. The Morgan fingerprint density at radius 2 is 1.78 bits per heavy atom. The minimum atomic E-state index is 0.745. The van der Waals surface area contributed by atoms with E-state index in [1.807, 2.05) is 11.8 Å². The summed E-state index contributed by atoms with van der Waals surface area (Å²) in [5, 5.41) is 0. The predicted molar refractivity (Wildman–Crippen MR) is 94.1 cm³/mol. The third kappa shape index (κ3) is 4.71. The second-order valence-corrected chi connectivity index (χ2v) is 7.63. The maximum absolute atomic E-state index is 5.53. The lowest BCUT2D eigenvalue weighted by Gasteiger charge is -2.37. The largest absolute Gasteiger partial charge is 0.494 e. The van der Waals surface area contributed by atoms with E-state index < -0.39 is 0 Å². The van der Waals surface area contributed by atoms with Crippen molar-refractivity contribution in [2.24, 2.45) is 5.92 Å². The first-order chi connectivity index (χ1) is 11.2. The van der Waals surface area contributed by atoms with Crippen LogP contribution in [0.15, 0.2) is 24.3 Å². The van der Waals surface area contributed by atoms with E-state index in [9.17, 15) is 0 Å². The highest BCUT2D eigenvalue weighted by Crippen LogP contribution is 2.21. The molecule has 0 bridgehead atoms. The van der Waals surface area contributed by atoms with Crippen LogP contribution in [0.25, 0.3) is 0 Å². The van der Waals surface area contributed by atoms with Gasteiger partial charge in [0.25, 0.3) is 0 Å². The normalized spacial score (nSPS) is 31.7. The number of nitrogens with one attached hydrogen (secondary N) is 2. The van der Waals surface area contributed by atoms with E-state index >= 15 is 0 Å². The standard InChI is InChI=1S/C20H32N2O/c1-3-23-20-9-7-18(8-10-20)16-21-11-13-22(14-12-21)19-6-4-5-17(2)15-19/h7-10,17,19H,3-6,11-16H2,1-2H3/p+2/t17-,19-/m0/s1. The highest BCUT2D eigenvalue weighted by molar-refractivity contribution is 5.26. The number of ether oxygens (including phenoxy) is 1. The first kappa shape index (κ1) is 16.8. The van der Waals surface area contributed by atoms with Gasteiger partial charge in [0.2, 0.25) is 0 Å². The minimum Gasteiger partial charge on any atom is -0.494 e. The van der Waals surface area contributed by atoms with Gasteiger partial charge < -0.3 is 14.5 Å². The number of hydrogen-bond donors (Lipinski definition) is 2. The summed E-state index contributed by atoms with van der Waals surface area (Å²) >= 11 is 0. The van der Waals surface area contributed by atoms with Crippen molar-refractivity contribution in [1.29, 1.82) is 0 Å². The zero-order valence-corrected chi connectivity index (χ0v) is 14.9. The van der Waals surface area contributed by atoms with E-state index in [0.29, 0.717) is 0 Å². The summed E-state index contributed by atoms with van der Waals surface area (Å²) in [7, 11) is 0. The van der Waals surface area contributed by atoms with E-state index in [2.05, 4.69) is 31.2 Å². The van der Waals surface area contributed by atoms with E-state index in [4.69, 9.17) is 4.74 Å². The summed E-state index contributed by atoms with van der Waals surface area (Å²) in [5.41, 5.74) is 1.44. The molecule has 2 N–H and O–H groups in total. The minimum absolute atomic E-state index is 0.745. The fraction of sp³-hybridized carbons (Fsp3) is 0.700. The van der Waals surface area contributed by atoms with Crippen molar-refractivity contribution in [2.45, 2.75) is 52.1 Å². The van der Waals surface area contributed by atoms with Crippen LogP contribution in [0.3, 0.4) is 0 Å². The van der Waals surface area contributed by atoms with Gasteiger partial charge in [-0.3, -0.25) is 0 Å². The van der Waals surface area contributed by atoms with Crippen LogP contribution in [-0.2, 0) is 6.54 Å². The topological polar surface area (TPSA) is 18.1 Å². The Morgan fingerprint density at radius 1 is 1.04 bits per heavy atom. The van der Waals surface area contributed by atoms with Gasteiger partial charge in [0.05, 0.1) is 12.6 Å². The van der Waals surface area contributed by atoms with Crippen molar-refractivity contribution < 1.29 is 14.5 Å². The van der Waals surface area contributed by atoms with Crippen molar-refractivity contribution in [3.8, 4) is 5.75 Å². The van der Waals surface area contributed by atoms with Crippen LogP contribution in [0.4, 0.5) is 0 Å². The van der Waals surface area contributed by atoms with Gasteiger partial charge in [-0.2, -0.15) is 0 Å². The first-order valence-electron chi connectivity index (χ1n) is 9.64. The number of rotatable bonds is 5. The predicted octanol–water partition coefficient (Wildman–Crippen LogP) is 0.947. The Hall–Kier alpha value is -1.06. The number of hydrogen-bond acceptors (Lipinski definition) is 1. The number of benzene rings is 1. The molecule has 0 aromatic heterocycles. The summed E-state index contributed by atoms with van der Waals surface area (Å²) in [6, 6.07) is 9.65. The molecular formula is C20H34N2O+2. The third-order valence-electron chi connectivity index (χ3n) is 5.80. The molecule has 0 amide bonds. The van der Waals surface area contributed by atoms with Crippen molar-refractivity contribution in [1.82, 2.24) is 0 Å². The summed E-state index contributed by atoms with van der Waals surface area (Å²) in [6.07, 6.45) is 5.84. The average Bonchev–Trinajstić information content (AvgIpc) is 2.58. The molecule has 2 atom stereocenters. The molecule has 1 aromatic rings. The molecule has 1 aliphatic heterocycles. The molecule has 2 aliphatic rings. The molecule has 3 rings (SSSR count). The molecule has 3 nitrogen and oxygen atoms in total. The van der Waals surface area contributed by atoms with Gasteiger partial charge in [0.15, 0.2) is 0 Å². The van der Waals surface area contributed by atoms with Gasteiger partial charge >= 0.3 is 0 Å². The molecule has 0 unspecified atom stereocenters. The number of quaternary nitrogens is 2. The lowest BCUT2D eigenvalue weighted by molar-refractivity contribution is -1.03. The van der Waals surface area contributed by atoms with Crippen molar-refractivity contribution in [3.63, 3.8) is 0 Å². The zero-order chi connectivity index (χ0) is 16.1. The van der Waals surface area contributed by atoms with Crippen molar-refractivity contribution in [2.75, 3.05) is 32.8 Å². The molecule has 128 valence electrons. The van der Waals surface area contributed by atoms with E-state index in [1.54, 1.807) is 4.90 Å². The maximum Gasteiger partial charge on any atom is 0.127 e. The molecule has 1 aromatic carbocycles. The van der Waals surface area contributed by atoms with Gasteiger partial charge in [-0.1, -0.05) is 13.3 Å². The summed E-state index contributed by atoms with van der Waals surface area (Å²) in [5.74, 6) is 1.95. The van der Waals surface area contributed by atoms with Crippen LogP contribution >= 0.6 is 0 Å². The summed E-state index contributed by atoms with van der Waals surface area (Å²) < 4.78 is 5.53. The molecular weight excluding hydrogens is 284 g/mol. The maximum atomic E-state index is 5.53. The average molecular weight is 319 g/mol. The Balaban J connectivity index is 1.45. The van der Waals surface area contributed by atoms with E-state index in [1.165, 1.54) is 64.0 Å². The molecule has 0 spiro atoms. The van der Waals surface area contributed by atoms with Crippen LogP contribution in [0.2, 0.25) is 0 Å². The fourth-order valence-electron chi connectivity index (χ4n) is 4.47. The molecule has 1 heterocycles. The zero-order valence-electron chi connectivity index (χ0n) is 14.9. The second kappa shape index (κ2) is 8.16. The van der Waals surface area contributed by atoms with Gasteiger partial charge in [0.1, 0.15) is 38.5 Å². The lowest BCUT2D eigenvalue weighted by atomic mass is 9.86. The van der Waals surface area contributed by atoms with Crippen LogP contribution in [0.5, 0.6) is 5.75 Å². The Labute approximate surface area is 141 Å². The monoisotopic (exact) mass is 318 g/mol. The van der Waals surface area contributed by atoms with Crippen LogP contribution < -0.4 is 14.5 Å². The highest BCUT2D eigenvalue weighted by Gasteiger charge is 2.32. The molecule has 2 fully saturated rings. The van der Waals surface area contributed by atoms with Crippen molar-refractivity contribution >= 4 is 0 Å². The Morgan fingerprint density at radius 3 is 2.43 bits per heavy atom. The van der Waals surface area contributed by atoms with E-state index in [-0.39, 0.29) is 0 Å². The van der Waals surface area contributed by atoms with E-state index in [0.717, 1.165) is 24.3 Å². The Kier molecular flexibility index (Phi) is 5.96.